The van der Waals surface area contributed by atoms with Gasteiger partial charge in [-0.1, -0.05) is 17.7 Å². The Kier molecular flexibility index (Phi) is 3.69. The Morgan fingerprint density at radius 2 is 2.19 bits per heavy atom. The first-order valence-corrected chi connectivity index (χ1v) is 5.91. The van der Waals surface area contributed by atoms with Crippen LogP contribution >= 0.6 is 11.6 Å². The number of aliphatic hydroxyl groups is 2. The van der Waals surface area contributed by atoms with Gasteiger partial charge >= 0.3 is 0 Å². The lowest BCUT2D eigenvalue weighted by Crippen LogP contribution is -2.32. The summed E-state index contributed by atoms with van der Waals surface area (Å²) >= 11 is 6.18. The van der Waals surface area contributed by atoms with Gasteiger partial charge in [-0.05, 0) is 30.5 Å². The van der Waals surface area contributed by atoms with E-state index in [1.165, 1.54) is 0 Å². The number of hydrogen-bond donors (Lipinski definition) is 2. The predicted octanol–water partition coefficient (Wildman–Crippen LogP) is 1.79. The minimum atomic E-state index is 0.00340. The Balaban J connectivity index is 2.26. The van der Waals surface area contributed by atoms with E-state index >= 15 is 0 Å². The second-order valence-corrected chi connectivity index (χ2v) is 4.52. The van der Waals surface area contributed by atoms with Gasteiger partial charge in [-0.2, -0.15) is 0 Å². The topological polar surface area (TPSA) is 43.7 Å². The van der Waals surface area contributed by atoms with Crippen molar-refractivity contribution >= 4 is 17.3 Å². The molecule has 0 bridgehead atoms. The van der Waals surface area contributed by atoms with Crippen molar-refractivity contribution in [3.63, 3.8) is 0 Å². The highest BCUT2D eigenvalue weighted by Gasteiger charge is 2.25. The number of halogens is 1. The Morgan fingerprint density at radius 3 is 2.81 bits per heavy atom. The van der Waals surface area contributed by atoms with Crippen molar-refractivity contribution in [3.8, 4) is 0 Å². The quantitative estimate of drug-likeness (QED) is 0.848. The Morgan fingerprint density at radius 1 is 1.38 bits per heavy atom. The first-order chi connectivity index (χ1) is 7.76. The van der Waals surface area contributed by atoms with Crippen LogP contribution in [0, 0.1) is 0 Å². The van der Waals surface area contributed by atoms with Crippen molar-refractivity contribution in [2.75, 3.05) is 18.1 Å². The Bertz CT molecular complexity index is 370. The molecule has 1 atom stereocenters. The van der Waals surface area contributed by atoms with Crippen LogP contribution in [-0.4, -0.2) is 29.4 Å². The van der Waals surface area contributed by atoms with Crippen molar-refractivity contribution in [3.05, 3.63) is 28.8 Å². The SMILES string of the molecule is OCc1ccc(N2CCCC2CO)c(Cl)c1. The Labute approximate surface area is 100 Å². The molecule has 3 nitrogen and oxygen atoms in total. The van der Waals surface area contributed by atoms with Crippen LogP contribution in [0.4, 0.5) is 5.69 Å². The molecule has 0 amide bonds. The van der Waals surface area contributed by atoms with E-state index in [0.717, 1.165) is 30.6 Å². The molecule has 1 fully saturated rings. The molecule has 0 radical (unpaired) electrons. The van der Waals surface area contributed by atoms with Gasteiger partial charge in [0.15, 0.2) is 0 Å². The number of benzene rings is 1. The molecule has 1 saturated heterocycles. The minimum Gasteiger partial charge on any atom is -0.394 e. The van der Waals surface area contributed by atoms with Crippen molar-refractivity contribution < 1.29 is 10.2 Å². The molecule has 0 saturated carbocycles. The molecular formula is C12H16ClNO2. The summed E-state index contributed by atoms with van der Waals surface area (Å²) in [5.74, 6) is 0. The molecule has 1 aliphatic heterocycles. The summed E-state index contributed by atoms with van der Waals surface area (Å²) in [6.45, 7) is 1.10. The van der Waals surface area contributed by atoms with Crippen molar-refractivity contribution in [1.29, 1.82) is 0 Å². The third-order valence-electron chi connectivity index (χ3n) is 3.09. The number of rotatable bonds is 3. The summed E-state index contributed by atoms with van der Waals surface area (Å²) in [7, 11) is 0. The maximum Gasteiger partial charge on any atom is 0.0682 e. The molecule has 4 heteroatoms. The average Bonchev–Trinajstić information content (AvgIpc) is 2.76. The van der Waals surface area contributed by atoms with Crippen molar-refractivity contribution in [2.45, 2.75) is 25.5 Å². The second kappa shape index (κ2) is 5.04. The normalized spacial score (nSPS) is 20.4. The smallest absolute Gasteiger partial charge is 0.0682 e. The molecule has 0 aromatic heterocycles. The maximum absolute atomic E-state index is 9.26. The lowest BCUT2D eigenvalue weighted by molar-refractivity contribution is 0.266. The zero-order valence-electron chi connectivity index (χ0n) is 9.06. The molecule has 1 unspecified atom stereocenters. The summed E-state index contributed by atoms with van der Waals surface area (Å²) in [6, 6.07) is 5.75. The van der Waals surface area contributed by atoms with Crippen LogP contribution in [-0.2, 0) is 6.61 Å². The van der Waals surface area contributed by atoms with Gasteiger partial charge in [-0.3, -0.25) is 0 Å². The van der Waals surface area contributed by atoms with E-state index in [2.05, 4.69) is 4.90 Å². The van der Waals surface area contributed by atoms with E-state index in [-0.39, 0.29) is 19.3 Å². The molecule has 1 aromatic carbocycles. The number of anilines is 1. The summed E-state index contributed by atoms with van der Waals surface area (Å²) in [6.07, 6.45) is 2.10. The van der Waals surface area contributed by atoms with E-state index in [0.29, 0.717) is 5.02 Å². The van der Waals surface area contributed by atoms with Gasteiger partial charge in [0.25, 0.3) is 0 Å². The maximum atomic E-state index is 9.26. The second-order valence-electron chi connectivity index (χ2n) is 4.12. The number of nitrogens with zero attached hydrogens (tertiary/aromatic N) is 1. The predicted molar refractivity (Wildman–Crippen MR) is 64.8 cm³/mol. The lowest BCUT2D eigenvalue weighted by atomic mass is 10.2. The molecule has 0 aliphatic carbocycles. The van der Waals surface area contributed by atoms with Gasteiger partial charge < -0.3 is 15.1 Å². The fourth-order valence-corrected chi connectivity index (χ4v) is 2.54. The zero-order chi connectivity index (χ0) is 11.5. The summed E-state index contributed by atoms with van der Waals surface area (Å²) in [4.78, 5) is 2.14. The lowest BCUT2D eigenvalue weighted by Gasteiger charge is -2.26. The number of aliphatic hydroxyl groups excluding tert-OH is 2. The molecule has 2 rings (SSSR count). The molecule has 0 spiro atoms. The molecule has 88 valence electrons. The minimum absolute atomic E-state index is 0.00340. The van der Waals surface area contributed by atoms with E-state index in [4.69, 9.17) is 16.7 Å². The summed E-state index contributed by atoms with van der Waals surface area (Å²) in [5.41, 5.74) is 1.77. The fraction of sp³-hybridized carbons (Fsp3) is 0.500. The van der Waals surface area contributed by atoms with Crippen LogP contribution < -0.4 is 4.90 Å². The highest BCUT2D eigenvalue weighted by atomic mass is 35.5. The average molecular weight is 242 g/mol. The highest BCUT2D eigenvalue weighted by Crippen LogP contribution is 2.32. The van der Waals surface area contributed by atoms with Crippen molar-refractivity contribution in [1.82, 2.24) is 0 Å². The first kappa shape index (κ1) is 11.7. The van der Waals surface area contributed by atoms with Crippen LogP contribution in [0.2, 0.25) is 5.02 Å². The molecule has 1 aromatic rings. The van der Waals surface area contributed by atoms with Gasteiger partial charge in [-0.25, -0.2) is 0 Å². The van der Waals surface area contributed by atoms with Crippen LogP contribution in [0.25, 0.3) is 0 Å². The van der Waals surface area contributed by atoms with Crippen LogP contribution in [0.5, 0.6) is 0 Å². The number of hydrogen-bond acceptors (Lipinski definition) is 3. The van der Waals surface area contributed by atoms with Gasteiger partial charge in [0.2, 0.25) is 0 Å². The highest BCUT2D eigenvalue weighted by molar-refractivity contribution is 6.33. The van der Waals surface area contributed by atoms with Crippen LogP contribution in [0.3, 0.4) is 0 Å². The van der Waals surface area contributed by atoms with E-state index in [1.807, 2.05) is 12.1 Å². The van der Waals surface area contributed by atoms with Gasteiger partial charge in [0.1, 0.15) is 0 Å². The summed E-state index contributed by atoms with van der Waals surface area (Å²) < 4.78 is 0. The molecule has 2 N–H and O–H groups in total. The Hall–Kier alpha value is -0.770. The molecule has 16 heavy (non-hydrogen) atoms. The molecule has 1 aliphatic rings. The monoisotopic (exact) mass is 241 g/mol. The zero-order valence-corrected chi connectivity index (χ0v) is 9.82. The summed E-state index contributed by atoms with van der Waals surface area (Å²) in [5, 5.41) is 18.9. The third-order valence-corrected chi connectivity index (χ3v) is 3.39. The van der Waals surface area contributed by atoms with E-state index < -0.39 is 0 Å². The third kappa shape index (κ3) is 2.17. The van der Waals surface area contributed by atoms with E-state index in [1.54, 1.807) is 6.07 Å². The van der Waals surface area contributed by atoms with Crippen molar-refractivity contribution in [2.24, 2.45) is 0 Å². The fourth-order valence-electron chi connectivity index (χ4n) is 2.22. The van der Waals surface area contributed by atoms with Gasteiger partial charge in [-0.15, -0.1) is 0 Å². The molecular weight excluding hydrogens is 226 g/mol. The van der Waals surface area contributed by atoms with Crippen LogP contribution in [0.15, 0.2) is 18.2 Å². The van der Waals surface area contributed by atoms with Crippen LogP contribution in [0.1, 0.15) is 18.4 Å². The van der Waals surface area contributed by atoms with E-state index in [9.17, 15) is 5.11 Å². The van der Waals surface area contributed by atoms with Gasteiger partial charge in [0, 0.05) is 6.54 Å². The first-order valence-electron chi connectivity index (χ1n) is 5.53. The molecule has 1 heterocycles. The largest absolute Gasteiger partial charge is 0.394 e. The van der Waals surface area contributed by atoms with Gasteiger partial charge in [0.05, 0.1) is 30.0 Å². The standard InChI is InChI=1S/C12H16ClNO2/c13-11-6-9(7-15)3-4-12(11)14-5-1-2-10(14)8-16/h3-4,6,10,15-16H,1-2,5,7-8H2.